The summed E-state index contributed by atoms with van der Waals surface area (Å²) in [5, 5.41) is 0. The van der Waals surface area contributed by atoms with Crippen molar-refractivity contribution in [1.29, 1.82) is 0 Å². The molecule has 0 unspecified atom stereocenters. The Balaban J connectivity index is -0.0000000800. The molecule has 0 saturated carbocycles. The van der Waals surface area contributed by atoms with Gasteiger partial charge in [0, 0.05) is 0 Å². The molecule has 7 heteroatoms. The van der Waals surface area contributed by atoms with E-state index in [-0.39, 0.29) is 45.1 Å². The summed E-state index contributed by atoms with van der Waals surface area (Å²) in [5.74, 6) is 0. The summed E-state index contributed by atoms with van der Waals surface area (Å²) in [4.78, 5) is 34.3. The van der Waals surface area contributed by atoms with Crippen LogP contribution in [-0.2, 0) is 26.2 Å². The van der Waals surface area contributed by atoms with Gasteiger partial charge in [-0.15, -0.1) is 0 Å². The molecule has 0 fully saturated rings. The van der Waals surface area contributed by atoms with Crippen molar-refractivity contribution in [2.24, 2.45) is 0 Å². The summed E-state index contributed by atoms with van der Waals surface area (Å²) in [6.45, 7) is 0. The normalized spacial score (nSPS) is 8.57. The molecule has 0 radical (unpaired) electrons. The molecule has 0 aliphatic carbocycles. The van der Waals surface area contributed by atoms with Crippen molar-refractivity contribution in [3.05, 3.63) is 0 Å². The molecular weight excluding hydrogens is 190 g/mol. The van der Waals surface area contributed by atoms with Crippen LogP contribution in [0.25, 0.3) is 0 Å². The van der Waals surface area contributed by atoms with Crippen LogP contribution in [0.5, 0.6) is 0 Å². The van der Waals surface area contributed by atoms with Crippen LogP contribution < -0.4 is 38.0 Å². The quantitative estimate of drug-likeness (QED) is 0.355. The van der Waals surface area contributed by atoms with Crippen LogP contribution >= 0.6 is 0 Å². The van der Waals surface area contributed by atoms with E-state index in [0.29, 0.717) is 0 Å². The summed E-state index contributed by atoms with van der Waals surface area (Å²) in [5.41, 5.74) is 0. The fraction of sp³-hybridized carbons (Fsp3) is 0. The third-order valence-electron chi connectivity index (χ3n) is 0. The van der Waals surface area contributed by atoms with Crippen LogP contribution in [0.15, 0.2) is 0 Å². The zero-order valence-electron chi connectivity index (χ0n) is 3.63. The first-order chi connectivity index (χ1) is 2.00. The smallest absolute Gasteiger partial charge is 0.894 e. The Labute approximate surface area is 73.0 Å². The van der Waals surface area contributed by atoms with E-state index < -0.39 is 9.05 Å². The Bertz CT molecular complexity index is 27.2. The maximum Gasteiger partial charge on any atom is 4.00 e. The molecule has 0 saturated heterocycles. The predicted molar refractivity (Wildman–Crippen MR) is 5.75 cm³/mol. The van der Waals surface area contributed by atoms with Crippen molar-refractivity contribution >= 4 is 9.05 Å². The van der Waals surface area contributed by atoms with E-state index in [1.165, 1.54) is 0 Å². The molecule has 0 bridgehead atoms. The molecule has 0 rings (SSSR count). The van der Waals surface area contributed by atoms with Gasteiger partial charge in [0.25, 0.3) is 0 Å². The predicted octanol–water partition coefficient (Wildman–Crippen LogP) is -8.14. The van der Waals surface area contributed by atoms with Crippen molar-refractivity contribution in [1.82, 2.24) is 0 Å². The molecule has 0 N–H and O–H groups in total. The average Bonchev–Trinajstić information content (AvgIpc) is 0.722. The molecule has 4 nitrogen and oxygen atoms in total. The minimum atomic E-state index is -5.61. The maximum absolute atomic E-state index is 8.58. The topological polar surface area (TPSA) is 92.2 Å². The number of rotatable bonds is 0. The molecule has 0 atom stereocenters. The van der Waals surface area contributed by atoms with E-state index in [4.69, 9.17) is 19.2 Å². The van der Waals surface area contributed by atoms with Gasteiger partial charge in [-0.2, -0.15) is 0 Å². The van der Waals surface area contributed by atoms with Gasteiger partial charge < -0.3 is 28.2 Å². The van der Waals surface area contributed by atoms with Crippen molar-refractivity contribution in [3.63, 3.8) is 0 Å². The molecule has 0 aromatic carbocycles. The van der Waals surface area contributed by atoms with Gasteiger partial charge in [-0.05, 0) is 0 Å². The van der Waals surface area contributed by atoms with E-state index in [0.717, 1.165) is 0 Å². The van der Waals surface area contributed by atoms with E-state index in [1.807, 2.05) is 0 Å². The van der Waals surface area contributed by atoms with Crippen molar-refractivity contribution in [2.75, 3.05) is 0 Å². The SMILES string of the molecule is [Li+].[O-][Si]([O-])([O-])[O-].[Zr+4]. The average molecular weight is 190 g/mol. The minimum Gasteiger partial charge on any atom is -0.894 e. The summed E-state index contributed by atoms with van der Waals surface area (Å²) < 4.78 is 0. The second-order valence-electron chi connectivity index (χ2n) is 0.500. The van der Waals surface area contributed by atoms with Crippen molar-refractivity contribution in [3.8, 4) is 0 Å². The van der Waals surface area contributed by atoms with E-state index in [1.54, 1.807) is 0 Å². The van der Waals surface area contributed by atoms with Crippen molar-refractivity contribution < 1.29 is 64.2 Å². The molecule has 0 aromatic rings. The van der Waals surface area contributed by atoms with Crippen LogP contribution in [0, 0.1) is 0 Å². The fourth-order valence-electron chi connectivity index (χ4n) is 0. The Morgan fingerprint density at radius 1 is 0.857 bits per heavy atom. The van der Waals surface area contributed by atoms with Crippen LogP contribution in [-0.4, -0.2) is 9.05 Å². The van der Waals surface area contributed by atoms with Gasteiger partial charge in [0.05, 0.1) is 0 Å². The second kappa shape index (κ2) is 5.67. The molecule has 0 aromatic heterocycles. The van der Waals surface area contributed by atoms with Gasteiger partial charge in [-0.3, -0.25) is 0 Å². The first-order valence-electron chi connectivity index (χ1n) is 0.816. The van der Waals surface area contributed by atoms with Crippen molar-refractivity contribution in [2.45, 2.75) is 0 Å². The molecule has 0 heterocycles. The van der Waals surface area contributed by atoms with E-state index in [9.17, 15) is 0 Å². The van der Waals surface area contributed by atoms with Crippen LogP contribution in [0.3, 0.4) is 0 Å². The number of hydrogen-bond donors (Lipinski definition) is 0. The molecule has 0 aliphatic heterocycles. The van der Waals surface area contributed by atoms with Crippen LogP contribution in [0.4, 0.5) is 0 Å². The zero-order valence-corrected chi connectivity index (χ0v) is 7.09. The molecule has 0 amide bonds. The maximum atomic E-state index is 8.58. The molecule has 7 heavy (non-hydrogen) atoms. The van der Waals surface area contributed by atoms with Gasteiger partial charge in [0.1, 0.15) is 0 Å². The summed E-state index contributed by atoms with van der Waals surface area (Å²) in [7, 11) is -5.61. The van der Waals surface area contributed by atoms with Crippen LogP contribution in [0.2, 0.25) is 0 Å². The summed E-state index contributed by atoms with van der Waals surface area (Å²) in [6, 6.07) is 0. The molecule has 0 spiro atoms. The zero-order chi connectivity index (χ0) is 4.50. The van der Waals surface area contributed by atoms with E-state index >= 15 is 0 Å². The molecule has 32 valence electrons. The van der Waals surface area contributed by atoms with Gasteiger partial charge in [0.2, 0.25) is 0 Å². The Hall–Kier alpha value is 1.54. The van der Waals surface area contributed by atoms with Gasteiger partial charge >= 0.3 is 45.1 Å². The minimum absolute atomic E-state index is 0. The van der Waals surface area contributed by atoms with E-state index in [2.05, 4.69) is 0 Å². The summed E-state index contributed by atoms with van der Waals surface area (Å²) in [6.07, 6.45) is 0. The van der Waals surface area contributed by atoms with Gasteiger partial charge in [-0.1, -0.05) is 0 Å². The summed E-state index contributed by atoms with van der Waals surface area (Å²) >= 11 is 0. The van der Waals surface area contributed by atoms with Gasteiger partial charge in [0.15, 0.2) is 0 Å². The fourth-order valence-corrected chi connectivity index (χ4v) is 0. The largest absolute Gasteiger partial charge is 4.00 e. The van der Waals surface area contributed by atoms with Crippen LogP contribution in [0.1, 0.15) is 0 Å². The Morgan fingerprint density at radius 3 is 0.857 bits per heavy atom. The first-order valence-corrected chi connectivity index (χ1v) is 2.45. The second-order valence-corrected chi connectivity index (χ2v) is 1.50. The standard InChI is InChI=1S/Li.O4Si.Zr/c;1-5(2,3)4;/q+1;-4;+4. The molecule has 0 aliphatic rings. The molecular formula is LiO4SiZr+. The third kappa shape index (κ3) is 97.8. The Morgan fingerprint density at radius 2 is 0.857 bits per heavy atom. The van der Waals surface area contributed by atoms with Gasteiger partial charge in [-0.25, -0.2) is 0 Å². The Kier molecular flexibility index (Phi) is 12.8. The monoisotopic (exact) mass is 189 g/mol. The third-order valence-corrected chi connectivity index (χ3v) is 0. The first kappa shape index (κ1) is 15.8. The number of hydrogen-bond acceptors (Lipinski definition) is 4.